The molecule has 83 heavy (non-hydrogen) atoms. The van der Waals surface area contributed by atoms with Gasteiger partial charge in [0.25, 0.3) is 0 Å². The van der Waals surface area contributed by atoms with Crippen molar-refractivity contribution in [1.82, 2.24) is 10.6 Å². The van der Waals surface area contributed by atoms with Gasteiger partial charge in [0.15, 0.2) is 0 Å². The first-order valence-electron chi connectivity index (χ1n) is 29.6. The first-order chi connectivity index (χ1) is 37.5. The van der Waals surface area contributed by atoms with Crippen molar-refractivity contribution < 1.29 is 77.5 Å². The number of carbonyl (C=O) groups is 7. The third-order valence-electron chi connectivity index (χ3n) is 16.9. The molecular weight excluding hydrogens is 1150 g/mol. The van der Waals surface area contributed by atoms with Crippen molar-refractivity contribution in [3.05, 3.63) is 57.5 Å². The van der Waals surface area contributed by atoms with Crippen molar-refractivity contribution in [2.75, 3.05) is 18.1 Å². The minimum atomic E-state index is -1.18. The van der Waals surface area contributed by atoms with Gasteiger partial charge in [-0.3, -0.25) is 24.0 Å². The summed E-state index contributed by atoms with van der Waals surface area (Å²) in [6, 6.07) is 0. The molecule has 4 aliphatic rings. The number of thioether (sulfide) groups is 2. The molecule has 2 amide bonds. The monoisotopic (exact) mass is 1250 g/mol. The minimum Gasteiger partial charge on any atom is -0.664 e. The molecule has 0 aromatic heterocycles. The maximum atomic E-state index is 15.6. The molecule has 9 atom stereocenters. The Morgan fingerprint density at radius 2 is 1.22 bits per heavy atom. The van der Waals surface area contributed by atoms with E-state index in [9.17, 15) is 34.2 Å². The Hall–Kier alpha value is -3.83. The zero-order valence-electron chi connectivity index (χ0n) is 54.1. The Bertz CT molecular complexity index is 2410. The van der Waals surface area contributed by atoms with Gasteiger partial charge in [-0.15, -0.1) is 34.9 Å². The molecule has 0 aromatic carbocycles. The largest absolute Gasteiger partial charge is 2.00 e. The third-order valence-corrected chi connectivity index (χ3v) is 19.5. The number of aliphatic carboxylic acids is 2. The molecule has 4 N–H and O–H groups in total. The molecule has 16 nitrogen and oxygen atoms in total. The van der Waals surface area contributed by atoms with Crippen LogP contribution >= 0.6 is 23.5 Å². The van der Waals surface area contributed by atoms with Gasteiger partial charge in [0.1, 0.15) is 24.1 Å². The fraction of sp³-hybridized carbons (Fsp3) is 0.766. The maximum Gasteiger partial charge on any atom is 2.00 e. The zero-order chi connectivity index (χ0) is 62.5. The minimum absolute atomic E-state index is 0. The Balaban J connectivity index is 0.0000181. The van der Waals surface area contributed by atoms with Crippen LogP contribution in [0.25, 0.3) is 10.6 Å². The molecule has 0 bridgehead atoms. The number of allylic oxidation sites excluding steroid dienone is 2. The van der Waals surface area contributed by atoms with Crippen LogP contribution in [0, 0.1) is 80.3 Å². The van der Waals surface area contributed by atoms with Crippen molar-refractivity contribution in [2.45, 2.75) is 213 Å². The van der Waals surface area contributed by atoms with E-state index in [0.717, 1.165) is 30.7 Å². The first-order valence-corrected chi connectivity index (χ1v) is 31.7. The SMILES string of the molecule is C=CC(=O)OCCSC(C)C(=O)NC1[N-]/C(=C\C2=C(C(C)C)C(C(=O)OC3C(C(C)(C)C)CC(CSC(CC(=O)O)C(=O)O)CC3C(C)(C)C)C(NC(=O)C(C)(C)C)[N-]2)C(C(C)C)=C1C(=O)OC1C(C(C)(C)C)CC(C)CC1C(C)(C)C.[Zn+2]. The number of carboxylic acids is 2. The Morgan fingerprint density at radius 1 is 0.711 bits per heavy atom. The van der Waals surface area contributed by atoms with Gasteiger partial charge in [0.2, 0.25) is 11.8 Å². The Labute approximate surface area is 518 Å². The molecule has 2 heterocycles. The number of ether oxygens (including phenoxy) is 3. The van der Waals surface area contributed by atoms with Crippen LogP contribution in [-0.4, -0.2) is 105 Å². The van der Waals surface area contributed by atoms with Crippen molar-refractivity contribution in [1.29, 1.82) is 0 Å². The summed E-state index contributed by atoms with van der Waals surface area (Å²) in [6.07, 6.45) is 2.02. The summed E-state index contributed by atoms with van der Waals surface area (Å²) in [6.45, 7) is 46.5. The number of rotatable bonds is 21. The fourth-order valence-electron chi connectivity index (χ4n) is 12.4. The van der Waals surface area contributed by atoms with Crippen LogP contribution in [0.3, 0.4) is 0 Å². The zero-order valence-corrected chi connectivity index (χ0v) is 58.7. The molecule has 9 unspecified atom stereocenters. The normalized spacial score (nSPS) is 27.5. The second kappa shape index (κ2) is 29.2. The fourth-order valence-corrected chi connectivity index (χ4v) is 14.3. The van der Waals surface area contributed by atoms with E-state index in [1.54, 1.807) is 33.8 Å². The van der Waals surface area contributed by atoms with E-state index >= 15 is 9.59 Å². The van der Waals surface area contributed by atoms with E-state index in [-0.39, 0.29) is 101 Å². The maximum absolute atomic E-state index is 15.6. The molecule has 0 aromatic rings. The summed E-state index contributed by atoms with van der Waals surface area (Å²) in [5.74, 6) is -5.65. The van der Waals surface area contributed by atoms with Crippen molar-refractivity contribution in [3.63, 3.8) is 0 Å². The van der Waals surface area contributed by atoms with E-state index in [4.69, 9.17) is 24.8 Å². The Morgan fingerprint density at radius 3 is 1.66 bits per heavy atom. The van der Waals surface area contributed by atoms with Crippen molar-refractivity contribution >= 4 is 65.2 Å². The molecular formula is C64H102N4O12S2Zn. The number of carbonyl (C=O) groups excluding carboxylic acids is 5. The molecule has 2 aliphatic heterocycles. The summed E-state index contributed by atoms with van der Waals surface area (Å²) in [5.41, 5.74) is 0.0700. The van der Waals surface area contributed by atoms with Gasteiger partial charge < -0.3 is 45.7 Å². The number of amides is 2. The van der Waals surface area contributed by atoms with Gasteiger partial charge in [-0.2, -0.15) is 0 Å². The molecule has 0 radical (unpaired) electrons. The van der Waals surface area contributed by atoms with Gasteiger partial charge >= 0.3 is 49.3 Å². The van der Waals surface area contributed by atoms with Gasteiger partial charge in [-0.05, 0) is 102 Å². The number of carboxylic acid groups (broad SMARTS) is 2. The van der Waals surface area contributed by atoms with Crippen LogP contribution in [0.5, 0.6) is 0 Å². The molecule has 464 valence electrons. The number of esters is 3. The molecule has 2 aliphatic carbocycles. The van der Waals surface area contributed by atoms with Crippen molar-refractivity contribution in [2.24, 2.45) is 80.3 Å². The van der Waals surface area contributed by atoms with Crippen LogP contribution in [0.15, 0.2) is 46.8 Å². The quantitative estimate of drug-likeness (QED) is 0.0275. The number of nitrogens with one attached hydrogen (secondary N) is 2. The molecule has 4 rings (SSSR count). The molecule has 0 spiro atoms. The summed E-state index contributed by atoms with van der Waals surface area (Å²) in [7, 11) is 0. The van der Waals surface area contributed by atoms with Gasteiger partial charge in [-0.1, -0.05) is 157 Å². The first kappa shape index (κ1) is 73.4. The molecule has 19 heteroatoms. The topological polar surface area (TPSA) is 240 Å². The predicted octanol–water partition coefficient (Wildman–Crippen LogP) is 12.9. The molecule has 0 saturated heterocycles. The summed E-state index contributed by atoms with van der Waals surface area (Å²) in [4.78, 5) is 94.9. The van der Waals surface area contributed by atoms with E-state index < -0.39 is 88.5 Å². The van der Waals surface area contributed by atoms with Crippen molar-refractivity contribution in [3.8, 4) is 0 Å². The number of hydrogen-bond donors (Lipinski definition) is 4. The van der Waals surface area contributed by atoms with Crippen LogP contribution in [0.2, 0.25) is 0 Å². The average Bonchev–Trinajstić information content (AvgIpc) is 4.17. The average molecular weight is 1250 g/mol. The third kappa shape index (κ3) is 19.6. The summed E-state index contributed by atoms with van der Waals surface area (Å²) in [5, 5.41) is 34.2. The van der Waals surface area contributed by atoms with E-state index in [2.05, 4.69) is 107 Å². The molecule has 2 saturated carbocycles. The van der Waals surface area contributed by atoms with Gasteiger partial charge in [0, 0.05) is 46.5 Å². The van der Waals surface area contributed by atoms with Gasteiger partial charge in [0.05, 0.1) is 17.6 Å². The molecule has 2 fully saturated rings. The summed E-state index contributed by atoms with van der Waals surface area (Å²) >= 11 is 2.43. The number of hydrogen-bond acceptors (Lipinski definition) is 12. The van der Waals surface area contributed by atoms with Crippen LogP contribution in [0.4, 0.5) is 0 Å². The second-order valence-corrected chi connectivity index (χ2v) is 32.2. The Kier molecular flexibility index (Phi) is 25.9. The van der Waals surface area contributed by atoms with E-state index in [1.807, 2.05) is 27.7 Å². The van der Waals surface area contributed by atoms with Crippen LogP contribution < -0.4 is 10.6 Å². The second-order valence-electron chi connectivity index (χ2n) is 29.5. The smallest absolute Gasteiger partial charge is 0.664 e. The summed E-state index contributed by atoms with van der Waals surface area (Å²) < 4.78 is 19.0. The standard InChI is InChI=1S/C64H102N4O12S2.Zn/c1-23-46(71)78-24-25-81-36(7)55(72)67-53-49(57(75)79-51-38(60(8,9)10)26-35(6)27-39(51)61(11,12)13)47(33(2)3)42(65-53)30-43-48(34(4)5)50(54(66-43)68-59(77)64(20,21)22)58(76)80-52-40(62(14,15)16)28-37(29-41(52)63(17,18)19)32-82-44(56(73)74)31-45(69)70;/h23,30,33-41,44,50-54H,1,24-29,31-32H2,2-22H3,(H,67,72)(H,68,77)(H,69,70)(H,73,74);/q-2;+2/b42-30-;. The van der Waals surface area contributed by atoms with E-state index in [0.29, 0.717) is 52.8 Å². The van der Waals surface area contributed by atoms with Crippen LogP contribution in [-0.2, 0) is 67.3 Å². The predicted molar refractivity (Wildman–Crippen MR) is 327 cm³/mol. The van der Waals surface area contributed by atoms with Crippen LogP contribution in [0.1, 0.15) is 178 Å². The van der Waals surface area contributed by atoms with Gasteiger partial charge in [-0.25, -0.2) is 9.59 Å². The number of nitrogens with zero attached hydrogens (tertiary/aromatic N) is 2. The van der Waals surface area contributed by atoms with E-state index in [1.165, 1.54) is 11.8 Å².